The van der Waals surface area contributed by atoms with Gasteiger partial charge in [0.2, 0.25) is 0 Å². The summed E-state index contributed by atoms with van der Waals surface area (Å²) in [5.41, 5.74) is 7.63. The Kier molecular flexibility index (Phi) is 31.6. The van der Waals surface area contributed by atoms with Crippen LogP contribution in [0.1, 0.15) is 121 Å². The summed E-state index contributed by atoms with van der Waals surface area (Å²) in [6.45, 7) is 22.4. The molecule has 0 heterocycles. The topological polar surface area (TPSA) is 161 Å². The van der Waals surface area contributed by atoms with E-state index in [-0.39, 0.29) is 54.7 Å². The van der Waals surface area contributed by atoms with Gasteiger partial charge < -0.3 is 29.3 Å². The summed E-state index contributed by atoms with van der Waals surface area (Å²) in [4.78, 5) is 66.9. The molecule has 0 aromatic heterocycles. The predicted molar refractivity (Wildman–Crippen MR) is 251 cm³/mol. The monoisotopic (exact) mass is 859 g/mol. The van der Waals surface area contributed by atoms with Crippen LogP contribution in [0.15, 0.2) is 130 Å². The molecule has 0 bridgehead atoms. The normalized spacial score (nSPS) is 20.0. The number of aliphatic hydroxyl groups excluding tert-OH is 1. The highest BCUT2D eigenvalue weighted by Gasteiger charge is 2.38. The summed E-state index contributed by atoms with van der Waals surface area (Å²) >= 11 is 0. The van der Waals surface area contributed by atoms with Crippen molar-refractivity contribution in [3.8, 4) is 0 Å². The maximum Gasteiger partial charge on any atom is 0.306 e. The van der Waals surface area contributed by atoms with E-state index >= 15 is 0 Å². The third-order valence-corrected chi connectivity index (χ3v) is 9.49. The van der Waals surface area contributed by atoms with Gasteiger partial charge in [0.15, 0.2) is 17.7 Å². The Labute approximate surface area is 372 Å². The third-order valence-electron chi connectivity index (χ3n) is 9.49. The number of aldehydes is 2. The zero-order valence-corrected chi connectivity index (χ0v) is 39.6. The molecule has 342 valence electrons. The van der Waals surface area contributed by atoms with Crippen LogP contribution < -0.4 is 0 Å². The minimum absolute atomic E-state index is 0.00733. The first-order valence-corrected chi connectivity index (χ1v) is 21.1. The smallest absolute Gasteiger partial charge is 0.306 e. The van der Waals surface area contributed by atoms with Gasteiger partial charge in [0, 0.05) is 27.1 Å². The molecule has 3 unspecified atom stereocenters. The summed E-state index contributed by atoms with van der Waals surface area (Å²) < 4.78 is 10.8. The standard InChI is InChI=1S/C44H56O6.C4H6O3.C3H8.CH4O/c1-30(18-13-20-32(3)23-25-37-34(5)28-39(42(47)35(37)6)50-41(46)22-15-27-45)16-11-12-17-31(2)19-14-21-33(4)24-26-38-36(7)43(48)40(49-10)29-44(38,8)9;5-3-1-2-4(6)7;1-3-2;1-2/h11-14,16-21,23-27,34,39-40H,15,22,28-29H2,1-10H3;3H,1-2H2,(H,6,7);3H2,1-2H3;2H,1H3/b12-11+,18-13+,19-14+,25-23+,26-24+,30-16+,31-17+,32-20+,33-21+;;;. The average Bonchev–Trinajstić information content (AvgIpc) is 3.22. The lowest BCUT2D eigenvalue weighted by Gasteiger charge is -2.36. The fourth-order valence-corrected chi connectivity index (χ4v) is 6.14. The zero-order chi connectivity index (χ0) is 47.8. The first-order chi connectivity index (χ1) is 29.3. The summed E-state index contributed by atoms with van der Waals surface area (Å²) in [6, 6.07) is 0. The van der Waals surface area contributed by atoms with E-state index in [0.717, 1.165) is 46.1 Å². The van der Waals surface area contributed by atoms with E-state index in [9.17, 15) is 28.8 Å². The van der Waals surface area contributed by atoms with E-state index in [1.807, 2.05) is 82.4 Å². The number of carbonyl (C=O) groups excluding carboxylic acids is 5. The number of ketones is 2. The van der Waals surface area contributed by atoms with Crippen LogP contribution in [-0.4, -0.2) is 72.7 Å². The number of carbonyl (C=O) groups is 6. The lowest BCUT2D eigenvalue weighted by Crippen LogP contribution is -2.37. The van der Waals surface area contributed by atoms with Gasteiger partial charge in [-0.25, -0.2) is 0 Å². The molecule has 2 N–H and O–H groups in total. The molecule has 0 aromatic rings. The van der Waals surface area contributed by atoms with Crippen molar-refractivity contribution in [1.29, 1.82) is 0 Å². The Bertz CT molecular complexity index is 1830. The minimum atomic E-state index is -0.924. The van der Waals surface area contributed by atoms with Crippen LogP contribution in [0.5, 0.6) is 0 Å². The molecule has 10 heteroatoms. The lowest BCUT2D eigenvalue weighted by atomic mass is 9.71. The summed E-state index contributed by atoms with van der Waals surface area (Å²) in [5.74, 6) is -1.48. The summed E-state index contributed by atoms with van der Waals surface area (Å²) in [7, 11) is 2.60. The molecule has 2 aliphatic rings. The number of carboxylic acid groups (broad SMARTS) is 1. The van der Waals surface area contributed by atoms with E-state index in [1.165, 1.54) is 6.42 Å². The Morgan fingerprint density at radius 3 is 1.60 bits per heavy atom. The number of esters is 1. The van der Waals surface area contributed by atoms with E-state index < -0.39 is 18.0 Å². The molecule has 0 aliphatic heterocycles. The van der Waals surface area contributed by atoms with E-state index in [4.69, 9.17) is 19.7 Å². The van der Waals surface area contributed by atoms with Crippen molar-refractivity contribution in [1.82, 2.24) is 0 Å². The number of aliphatic carboxylic acids is 1. The van der Waals surface area contributed by atoms with Crippen molar-refractivity contribution in [2.75, 3.05) is 14.2 Å². The quantitative estimate of drug-likeness (QED) is 0.0771. The van der Waals surface area contributed by atoms with Crippen LogP contribution in [0.3, 0.4) is 0 Å². The molecule has 0 aromatic carbocycles. The van der Waals surface area contributed by atoms with Gasteiger partial charge >= 0.3 is 11.9 Å². The molecule has 0 amide bonds. The molecule has 0 fully saturated rings. The number of hydrogen-bond acceptors (Lipinski definition) is 9. The Balaban J connectivity index is 0. The first kappa shape index (κ1) is 58.8. The van der Waals surface area contributed by atoms with Gasteiger partial charge in [-0.1, -0.05) is 148 Å². The molecule has 62 heavy (non-hydrogen) atoms. The number of methoxy groups -OCH3 is 1. The van der Waals surface area contributed by atoms with Gasteiger partial charge in [-0.05, 0) is 88.0 Å². The molecular weight excluding hydrogens is 785 g/mol. The first-order valence-electron chi connectivity index (χ1n) is 21.1. The number of Topliss-reactive ketones (excluding diaryl/α,β-unsaturated/α-hetero) is 2. The van der Waals surface area contributed by atoms with Crippen molar-refractivity contribution in [3.05, 3.63) is 130 Å². The minimum Gasteiger partial charge on any atom is -0.481 e. The van der Waals surface area contributed by atoms with Crippen molar-refractivity contribution in [3.63, 3.8) is 0 Å². The Morgan fingerprint density at radius 1 is 0.710 bits per heavy atom. The second kappa shape index (κ2) is 33.3. The van der Waals surface area contributed by atoms with Crippen molar-refractivity contribution < 1.29 is 48.5 Å². The Morgan fingerprint density at radius 2 is 1.15 bits per heavy atom. The highest BCUT2D eigenvalue weighted by atomic mass is 16.5. The summed E-state index contributed by atoms with van der Waals surface area (Å²) in [5, 5.41) is 14.9. The molecule has 0 spiro atoms. The van der Waals surface area contributed by atoms with Crippen LogP contribution in [0.2, 0.25) is 0 Å². The fourth-order valence-electron chi connectivity index (χ4n) is 6.14. The molecule has 10 nitrogen and oxygen atoms in total. The van der Waals surface area contributed by atoms with Gasteiger partial charge in [-0.2, -0.15) is 0 Å². The zero-order valence-electron chi connectivity index (χ0n) is 39.6. The Hall–Kier alpha value is -5.32. The highest BCUT2D eigenvalue weighted by molar-refractivity contribution is 6.01. The largest absolute Gasteiger partial charge is 0.481 e. The van der Waals surface area contributed by atoms with Gasteiger partial charge in [0.1, 0.15) is 18.7 Å². The van der Waals surface area contributed by atoms with Gasteiger partial charge in [-0.15, -0.1) is 0 Å². The number of aliphatic hydroxyl groups is 1. The number of hydrogen-bond donors (Lipinski definition) is 2. The average molecular weight is 859 g/mol. The maximum atomic E-state index is 12.8. The molecule has 2 aliphatic carbocycles. The second-order valence-corrected chi connectivity index (χ2v) is 15.7. The van der Waals surface area contributed by atoms with Gasteiger partial charge in [0.05, 0.1) is 12.8 Å². The van der Waals surface area contributed by atoms with Crippen LogP contribution in [0.25, 0.3) is 0 Å². The highest BCUT2D eigenvalue weighted by Crippen LogP contribution is 2.40. The molecule has 2 rings (SSSR count). The van der Waals surface area contributed by atoms with Gasteiger partial charge in [0.25, 0.3) is 0 Å². The van der Waals surface area contributed by atoms with Crippen LogP contribution in [0.4, 0.5) is 0 Å². The number of carboxylic acids is 1. The van der Waals surface area contributed by atoms with Crippen molar-refractivity contribution >= 4 is 36.1 Å². The molecule has 3 atom stereocenters. The van der Waals surface area contributed by atoms with Crippen LogP contribution in [0, 0.1) is 11.3 Å². The SMILES string of the molecule is CCC.CO.COC1CC(C)(C)C(/C=C/C(C)=C/C=C/C(C)=C/C=C/C=C(C)/C=C/C=C(C)/C=C/C2=C(C)C(=O)C(OC(=O)CCC=O)CC2C)=C(C)C1=O.O=CCCC(=O)O. The van der Waals surface area contributed by atoms with Crippen LogP contribution in [-0.2, 0) is 38.2 Å². The number of allylic oxidation sites excluding steroid dienone is 20. The predicted octanol–water partition coefficient (Wildman–Crippen LogP) is 10.8. The second-order valence-electron chi connectivity index (χ2n) is 15.7. The lowest BCUT2D eigenvalue weighted by molar-refractivity contribution is -0.155. The summed E-state index contributed by atoms with van der Waals surface area (Å²) in [6.07, 6.45) is 31.1. The molecule has 0 saturated heterocycles. The molecule has 0 radical (unpaired) electrons. The van der Waals surface area contributed by atoms with Gasteiger partial charge in [-0.3, -0.25) is 19.2 Å². The number of rotatable bonds is 18. The van der Waals surface area contributed by atoms with Crippen molar-refractivity contribution in [2.24, 2.45) is 11.3 Å². The fraction of sp³-hybridized carbons (Fsp3) is 0.462. The van der Waals surface area contributed by atoms with Crippen molar-refractivity contribution in [2.45, 2.75) is 133 Å². The molecule has 0 saturated carbocycles. The molecular formula is C52H74O10. The third kappa shape index (κ3) is 24.2. The van der Waals surface area contributed by atoms with E-state index in [2.05, 4.69) is 71.9 Å². The van der Waals surface area contributed by atoms with E-state index in [0.29, 0.717) is 31.0 Å². The van der Waals surface area contributed by atoms with E-state index in [1.54, 1.807) is 14.0 Å². The van der Waals surface area contributed by atoms with Crippen LogP contribution >= 0.6 is 0 Å². The maximum absolute atomic E-state index is 12.8. The number of ether oxygens (including phenoxy) is 2.